The molecule has 1 heterocycles. The Morgan fingerprint density at radius 3 is 2.71 bits per heavy atom. The first-order chi connectivity index (χ1) is 6.77. The predicted molar refractivity (Wildman–Crippen MR) is 55.7 cm³/mol. The smallest absolute Gasteiger partial charge is 0.159 e. The molecule has 1 aromatic rings. The van der Waals surface area contributed by atoms with Crippen LogP contribution >= 0.6 is 0 Å². The maximum absolute atomic E-state index is 11.3. The van der Waals surface area contributed by atoms with Crippen molar-refractivity contribution in [3.05, 3.63) is 48.2 Å². The second-order valence-corrected chi connectivity index (χ2v) is 3.58. The number of allylic oxidation sites excluding steroid dienone is 1. The molecule has 0 N–H and O–H groups in total. The number of carbonyl (C=O) groups excluding carboxylic acids is 1. The Hall–Kier alpha value is -1.57. The first-order valence-corrected chi connectivity index (χ1v) is 4.75. The SMILES string of the molecule is CN1C=CC(=O)CC1c1ccccc1. The van der Waals surface area contributed by atoms with Crippen molar-refractivity contribution in [1.82, 2.24) is 4.90 Å². The van der Waals surface area contributed by atoms with Crippen LogP contribution in [0.5, 0.6) is 0 Å². The fourth-order valence-electron chi connectivity index (χ4n) is 1.74. The lowest BCUT2D eigenvalue weighted by Crippen LogP contribution is -2.25. The van der Waals surface area contributed by atoms with E-state index in [2.05, 4.69) is 17.0 Å². The van der Waals surface area contributed by atoms with Gasteiger partial charge < -0.3 is 4.90 Å². The molecule has 1 aliphatic heterocycles. The second-order valence-electron chi connectivity index (χ2n) is 3.58. The van der Waals surface area contributed by atoms with E-state index in [4.69, 9.17) is 0 Å². The topological polar surface area (TPSA) is 20.3 Å². The molecule has 72 valence electrons. The Morgan fingerprint density at radius 2 is 2.00 bits per heavy atom. The maximum atomic E-state index is 11.3. The Bertz CT molecular complexity index is 356. The van der Waals surface area contributed by atoms with E-state index in [1.54, 1.807) is 6.08 Å². The Labute approximate surface area is 83.8 Å². The zero-order valence-corrected chi connectivity index (χ0v) is 8.18. The zero-order valence-electron chi connectivity index (χ0n) is 8.18. The van der Waals surface area contributed by atoms with Crippen molar-refractivity contribution in [2.45, 2.75) is 12.5 Å². The van der Waals surface area contributed by atoms with Crippen molar-refractivity contribution in [3.63, 3.8) is 0 Å². The molecule has 2 nitrogen and oxygen atoms in total. The standard InChI is InChI=1S/C12H13NO/c1-13-8-7-11(14)9-12(13)10-5-3-2-4-6-10/h2-8,12H,9H2,1H3. The summed E-state index contributed by atoms with van der Waals surface area (Å²) in [6.45, 7) is 0. The van der Waals surface area contributed by atoms with Crippen LogP contribution in [0.3, 0.4) is 0 Å². The molecule has 0 fully saturated rings. The largest absolute Gasteiger partial charge is 0.373 e. The van der Waals surface area contributed by atoms with Gasteiger partial charge in [0.05, 0.1) is 6.04 Å². The summed E-state index contributed by atoms with van der Waals surface area (Å²) < 4.78 is 0. The third kappa shape index (κ3) is 1.69. The number of ketones is 1. The number of nitrogens with zero attached hydrogens (tertiary/aromatic N) is 1. The van der Waals surface area contributed by atoms with Crippen molar-refractivity contribution < 1.29 is 4.79 Å². The normalized spacial score (nSPS) is 21.4. The lowest BCUT2D eigenvalue weighted by molar-refractivity contribution is -0.116. The van der Waals surface area contributed by atoms with Gasteiger partial charge in [-0.25, -0.2) is 0 Å². The Morgan fingerprint density at radius 1 is 1.29 bits per heavy atom. The van der Waals surface area contributed by atoms with Gasteiger partial charge in [-0.3, -0.25) is 4.79 Å². The van der Waals surface area contributed by atoms with Crippen molar-refractivity contribution in [2.24, 2.45) is 0 Å². The molecule has 0 aliphatic carbocycles. The van der Waals surface area contributed by atoms with Gasteiger partial charge in [0.1, 0.15) is 0 Å². The molecule has 0 aromatic heterocycles. The van der Waals surface area contributed by atoms with Crippen LogP contribution in [0.1, 0.15) is 18.0 Å². The minimum absolute atomic E-state index is 0.202. The molecule has 1 aromatic carbocycles. The molecular weight excluding hydrogens is 174 g/mol. The number of hydrogen-bond donors (Lipinski definition) is 0. The molecule has 14 heavy (non-hydrogen) atoms. The number of rotatable bonds is 1. The maximum Gasteiger partial charge on any atom is 0.159 e. The second kappa shape index (κ2) is 3.66. The average Bonchev–Trinajstić information content (AvgIpc) is 2.23. The minimum Gasteiger partial charge on any atom is -0.373 e. The molecule has 2 rings (SSSR count). The van der Waals surface area contributed by atoms with E-state index in [0.717, 1.165) is 0 Å². The van der Waals surface area contributed by atoms with E-state index in [1.807, 2.05) is 31.4 Å². The summed E-state index contributed by atoms with van der Waals surface area (Å²) in [5, 5.41) is 0. The highest BCUT2D eigenvalue weighted by molar-refractivity contribution is 5.90. The van der Waals surface area contributed by atoms with Gasteiger partial charge in [0.15, 0.2) is 5.78 Å². The summed E-state index contributed by atoms with van der Waals surface area (Å²) in [5.41, 5.74) is 1.20. The first kappa shape index (κ1) is 9.00. The fourth-order valence-corrected chi connectivity index (χ4v) is 1.74. The van der Waals surface area contributed by atoms with E-state index < -0.39 is 0 Å². The van der Waals surface area contributed by atoms with Crippen molar-refractivity contribution in [1.29, 1.82) is 0 Å². The molecule has 1 atom stereocenters. The van der Waals surface area contributed by atoms with Gasteiger partial charge in [-0.1, -0.05) is 30.3 Å². The van der Waals surface area contributed by atoms with Gasteiger partial charge >= 0.3 is 0 Å². The van der Waals surface area contributed by atoms with Crippen LogP contribution in [-0.2, 0) is 4.79 Å². The predicted octanol–water partition coefficient (Wildman–Crippen LogP) is 2.15. The van der Waals surface area contributed by atoms with Crippen LogP contribution in [-0.4, -0.2) is 17.7 Å². The third-order valence-corrected chi connectivity index (χ3v) is 2.57. The van der Waals surface area contributed by atoms with Crippen molar-refractivity contribution >= 4 is 5.78 Å². The number of hydrogen-bond acceptors (Lipinski definition) is 2. The highest BCUT2D eigenvalue weighted by Gasteiger charge is 2.20. The minimum atomic E-state index is 0.202. The van der Waals surface area contributed by atoms with Crippen LogP contribution in [0.15, 0.2) is 42.6 Å². The monoisotopic (exact) mass is 187 g/mol. The van der Waals surface area contributed by atoms with Gasteiger partial charge in [-0.2, -0.15) is 0 Å². The van der Waals surface area contributed by atoms with Crippen LogP contribution in [0.4, 0.5) is 0 Å². The average molecular weight is 187 g/mol. The highest BCUT2D eigenvalue weighted by atomic mass is 16.1. The van der Waals surface area contributed by atoms with Gasteiger partial charge in [0.2, 0.25) is 0 Å². The molecule has 1 unspecified atom stereocenters. The van der Waals surface area contributed by atoms with Gasteiger partial charge in [-0.15, -0.1) is 0 Å². The number of carbonyl (C=O) groups is 1. The summed E-state index contributed by atoms with van der Waals surface area (Å²) in [6, 6.07) is 10.3. The molecule has 0 spiro atoms. The molecule has 1 aliphatic rings. The summed E-state index contributed by atoms with van der Waals surface area (Å²) in [5.74, 6) is 0.206. The van der Waals surface area contributed by atoms with E-state index in [1.165, 1.54) is 5.56 Å². The van der Waals surface area contributed by atoms with Crippen LogP contribution in [0, 0.1) is 0 Å². The van der Waals surface area contributed by atoms with Crippen molar-refractivity contribution in [3.8, 4) is 0 Å². The molecule has 0 bridgehead atoms. The Kier molecular flexibility index (Phi) is 2.35. The van der Waals surface area contributed by atoms with E-state index in [0.29, 0.717) is 6.42 Å². The molecular formula is C12H13NO. The number of benzene rings is 1. The van der Waals surface area contributed by atoms with Gasteiger partial charge in [0, 0.05) is 19.7 Å². The van der Waals surface area contributed by atoms with Crippen LogP contribution < -0.4 is 0 Å². The van der Waals surface area contributed by atoms with Crippen LogP contribution in [0.2, 0.25) is 0 Å². The Balaban J connectivity index is 2.27. The summed E-state index contributed by atoms with van der Waals surface area (Å²) >= 11 is 0. The highest BCUT2D eigenvalue weighted by Crippen LogP contribution is 2.26. The van der Waals surface area contributed by atoms with E-state index >= 15 is 0 Å². The zero-order chi connectivity index (χ0) is 9.97. The van der Waals surface area contributed by atoms with Gasteiger partial charge in [-0.05, 0) is 11.6 Å². The third-order valence-electron chi connectivity index (χ3n) is 2.57. The summed E-state index contributed by atoms with van der Waals surface area (Å²) in [4.78, 5) is 13.4. The van der Waals surface area contributed by atoms with Crippen LogP contribution in [0.25, 0.3) is 0 Å². The molecule has 0 amide bonds. The molecule has 2 heteroatoms. The first-order valence-electron chi connectivity index (χ1n) is 4.75. The fraction of sp³-hybridized carbons (Fsp3) is 0.250. The molecule has 0 saturated carbocycles. The molecule has 0 saturated heterocycles. The lowest BCUT2D eigenvalue weighted by atomic mass is 9.98. The quantitative estimate of drug-likeness (QED) is 0.671. The lowest BCUT2D eigenvalue weighted by Gasteiger charge is -2.29. The summed E-state index contributed by atoms with van der Waals surface area (Å²) in [6.07, 6.45) is 4.07. The van der Waals surface area contributed by atoms with E-state index in [-0.39, 0.29) is 11.8 Å². The van der Waals surface area contributed by atoms with E-state index in [9.17, 15) is 4.79 Å². The van der Waals surface area contributed by atoms with Crippen molar-refractivity contribution in [2.75, 3.05) is 7.05 Å². The molecule has 0 radical (unpaired) electrons. The summed E-state index contributed by atoms with van der Waals surface area (Å²) in [7, 11) is 2.00. The van der Waals surface area contributed by atoms with Gasteiger partial charge in [0.25, 0.3) is 0 Å².